The Labute approximate surface area is 267 Å². The molecule has 6 heteroatoms. The predicted molar refractivity (Wildman–Crippen MR) is 168 cm³/mol. The first-order valence-electron chi connectivity index (χ1n) is 14.2. The van der Waals surface area contributed by atoms with Crippen molar-refractivity contribution in [2.45, 2.75) is 46.5 Å². The standard InChI is InChI=1S/C37H32N4O.Pt/c1-24(2)17-25-13-15-39-33(19-25)27-7-6-8-29(20-27)42-30-10-11-31-32-18-26(23-38)9-12-34(32)41(35(31)22-30)36-21-28(14-16-40-36)37(3,4)5;/h6-16,18-19,21,24H,17H2,1-5H3;/q-2;+2. The molecule has 0 saturated carbocycles. The Hall–Kier alpha value is -4.26. The third-order valence-electron chi connectivity index (χ3n) is 7.35. The third kappa shape index (κ3) is 6.26. The van der Waals surface area contributed by atoms with E-state index in [0.717, 1.165) is 45.3 Å². The van der Waals surface area contributed by atoms with Gasteiger partial charge in [0.05, 0.1) is 11.6 Å². The molecule has 6 aromatic rings. The number of hydrogen-bond acceptors (Lipinski definition) is 4. The molecule has 6 rings (SSSR count). The van der Waals surface area contributed by atoms with E-state index in [2.05, 4.69) is 86.6 Å². The maximum atomic E-state index is 9.58. The van der Waals surface area contributed by atoms with E-state index in [1.165, 1.54) is 11.1 Å². The minimum atomic E-state index is -0.0353. The smallest absolute Gasteiger partial charge is 0.503 e. The predicted octanol–water partition coefficient (Wildman–Crippen LogP) is 9.00. The van der Waals surface area contributed by atoms with Crippen LogP contribution in [0.25, 0.3) is 38.9 Å². The first-order valence-corrected chi connectivity index (χ1v) is 14.2. The van der Waals surface area contributed by atoms with Crippen LogP contribution in [-0.4, -0.2) is 14.5 Å². The molecule has 0 radical (unpaired) electrons. The quantitative estimate of drug-likeness (QED) is 0.160. The Kier molecular flexibility index (Phi) is 8.54. The van der Waals surface area contributed by atoms with Crippen LogP contribution in [0.2, 0.25) is 0 Å². The molecule has 5 nitrogen and oxygen atoms in total. The molecule has 0 bridgehead atoms. The van der Waals surface area contributed by atoms with Gasteiger partial charge in [-0.3, -0.25) is 0 Å². The summed E-state index contributed by atoms with van der Waals surface area (Å²) in [5.74, 6) is 2.51. The van der Waals surface area contributed by atoms with E-state index in [9.17, 15) is 5.26 Å². The van der Waals surface area contributed by atoms with Crippen molar-refractivity contribution >= 4 is 21.8 Å². The van der Waals surface area contributed by atoms with Crippen LogP contribution in [0.15, 0.2) is 85.2 Å². The van der Waals surface area contributed by atoms with Crippen LogP contribution in [-0.2, 0) is 32.9 Å². The average Bonchev–Trinajstić information content (AvgIpc) is 3.29. The van der Waals surface area contributed by atoms with Crippen molar-refractivity contribution in [3.63, 3.8) is 0 Å². The number of benzene rings is 3. The van der Waals surface area contributed by atoms with Gasteiger partial charge in [0, 0.05) is 29.4 Å². The summed E-state index contributed by atoms with van der Waals surface area (Å²) in [5.41, 5.74) is 6.54. The van der Waals surface area contributed by atoms with Crippen LogP contribution in [0.4, 0.5) is 0 Å². The fourth-order valence-electron chi connectivity index (χ4n) is 5.29. The topological polar surface area (TPSA) is 63.7 Å². The van der Waals surface area contributed by atoms with Crippen LogP contribution in [0.1, 0.15) is 51.3 Å². The molecular formula is C37H32N4OPt. The summed E-state index contributed by atoms with van der Waals surface area (Å²) in [5, 5.41) is 11.5. The monoisotopic (exact) mass is 743 g/mol. The first kappa shape index (κ1) is 30.2. The van der Waals surface area contributed by atoms with Crippen molar-refractivity contribution in [1.29, 1.82) is 5.26 Å². The second-order valence-electron chi connectivity index (χ2n) is 12.1. The van der Waals surface area contributed by atoms with Gasteiger partial charge in [0.25, 0.3) is 0 Å². The van der Waals surface area contributed by atoms with Crippen molar-refractivity contribution in [3.8, 4) is 34.6 Å². The summed E-state index contributed by atoms with van der Waals surface area (Å²) in [6, 6.07) is 33.1. The number of fused-ring (bicyclic) bond motifs is 3. The van der Waals surface area contributed by atoms with Crippen molar-refractivity contribution in [3.05, 3.63) is 114 Å². The molecule has 0 spiro atoms. The minimum absolute atomic E-state index is 0. The molecule has 0 aliphatic rings. The van der Waals surface area contributed by atoms with Crippen LogP contribution in [0.3, 0.4) is 0 Å². The Balaban J connectivity index is 0.00000368. The van der Waals surface area contributed by atoms with Gasteiger partial charge in [-0.15, -0.1) is 41.3 Å². The SMILES string of the molecule is CC(C)Cc1ccnc(-c2[c-]c(Oc3[c-]c4c(cc3)c3cc(C#N)ccc3n4-c3cc(C(C)(C)C)ccn3)ccc2)c1.[Pt+2]. The summed E-state index contributed by atoms with van der Waals surface area (Å²) < 4.78 is 8.42. The zero-order chi connectivity index (χ0) is 29.4. The fourth-order valence-corrected chi connectivity index (χ4v) is 5.29. The maximum absolute atomic E-state index is 9.58. The maximum Gasteiger partial charge on any atom is 2.00 e. The number of aromatic nitrogens is 3. The van der Waals surface area contributed by atoms with E-state index in [1.807, 2.05) is 60.9 Å². The number of ether oxygens (including phenoxy) is 1. The Bertz CT molecular complexity index is 1980. The van der Waals surface area contributed by atoms with Crippen molar-refractivity contribution < 1.29 is 25.8 Å². The van der Waals surface area contributed by atoms with Crippen molar-refractivity contribution in [2.75, 3.05) is 0 Å². The average molecular weight is 744 g/mol. The van der Waals surface area contributed by atoms with Gasteiger partial charge in [0.1, 0.15) is 5.82 Å². The van der Waals surface area contributed by atoms with E-state index in [0.29, 0.717) is 23.0 Å². The van der Waals surface area contributed by atoms with Gasteiger partial charge in [-0.2, -0.15) is 11.3 Å². The fraction of sp³-hybridized carbons (Fsp3) is 0.216. The number of pyridine rings is 2. The molecule has 43 heavy (non-hydrogen) atoms. The molecule has 0 amide bonds. The number of rotatable bonds is 6. The van der Waals surface area contributed by atoms with Gasteiger partial charge in [0.2, 0.25) is 0 Å². The normalized spacial score (nSPS) is 11.5. The van der Waals surface area contributed by atoms with E-state index in [-0.39, 0.29) is 26.5 Å². The van der Waals surface area contributed by atoms with Gasteiger partial charge < -0.3 is 14.3 Å². The van der Waals surface area contributed by atoms with Crippen molar-refractivity contribution in [1.82, 2.24) is 14.5 Å². The summed E-state index contributed by atoms with van der Waals surface area (Å²) >= 11 is 0. The van der Waals surface area contributed by atoms with Gasteiger partial charge in [0.15, 0.2) is 0 Å². The molecule has 3 aromatic carbocycles. The van der Waals surface area contributed by atoms with Crippen LogP contribution in [0, 0.1) is 29.4 Å². The van der Waals surface area contributed by atoms with E-state index in [1.54, 1.807) is 0 Å². The molecule has 0 fully saturated rings. The number of hydrogen-bond donors (Lipinski definition) is 0. The second kappa shape index (κ2) is 12.2. The van der Waals surface area contributed by atoms with E-state index in [4.69, 9.17) is 9.72 Å². The van der Waals surface area contributed by atoms with E-state index < -0.39 is 0 Å². The Morgan fingerprint density at radius 2 is 1.67 bits per heavy atom. The summed E-state index contributed by atoms with van der Waals surface area (Å²) in [7, 11) is 0. The van der Waals surface area contributed by atoms with Crippen LogP contribution in [0.5, 0.6) is 11.5 Å². The molecule has 0 atom stereocenters. The second-order valence-corrected chi connectivity index (χ2v) is 12.1. The van der Waals surface area contributed by atoms with Crippen LogP contribution < -0.4 is 4.74 Å². The van der Waals surface area contributed by atoms with Gasteiger partial charge in [-0.25, -0.2) is 4.98 Å². The molecule has 0 N–H and O–H groups in total. The van der Waals surface area contributed by atoms with Gasteiger partial charge in [-0.1, -0.05) is 57.8 Å². The largest absolute Gasteiger partial charge is 2.00 e. The minimum Gasteiger partial charge on any atom is -0.503 e. The zero-order valence-corrected chi connectivity index (χ0v) is 27.2. The molecule has 0 aliphatic heterocycles. The molecule has 3 heterocycles. The molecule has 3 aromatic heterocycles. The number of nitriles is 1. The van der Waals surface area contributed by atoms with E-state index >= 15 is 0 Å². The molecule has 0 saturated heterocycles. The number of nitrogens with zero attached hydrogens (tertiary/aromatic N) is 4. The van der Waals surface area contributed by atoms with Gasteiger partial charge >= 0.3 is 21.1 Å². The Morgan fingerprint density at radius 3 is 2.44 bits per heavy atom. The molecular weight excluding hydrogens is 712 g/mol. The first-order chi connectivity index (χ1) is 20.2. The summed E-state index contributed by atoms with van der Waals surface area (Å²) in [6.07, 6.45) is 4.70. The Morgan fingerprint density at radius 1 is 0.884 bits per heavy atom. The zero-order valence-electron chi connectivity index (χ0n) is 24.9. The molecule has 216 valence electrons. The van der Waals surface area contributed by atoms with Crippen molar-refractivity contribution in [2.24, 2.45) is 5.92 Å². The van der Waals surface area contributed by atoms with Gasteiger partial charge in [-0.05, 0) is 70.8 Å². The molecule has 0 aliphatic carbocycles. The molecule has 0 unspecified atom stereocenters. The van der Waals surface area contributed by atoms with Crippen LogP contribution >= 0.6 is 0 Å². The summed E-state index contributed by atoms with van der Waals surface area (Å²) in [4.78, 5) is 9.33. The third-order valence-corrected chi connectivity index (χ3v) is 7.35. The summed E-state index contributed by atoms with van der Waals surface area (Å²) in [6.45, 7) is 11.0.